The van der Waals surface area contributed by atoms with Gasteiger partial charge in [-0.3, -0.25) is 0 Å². The summed E-state index contributed by atoms with van der Waals surface area (Å²) in [4.78, 5) is 2.37. The van der Waals surface area contributed by atoms with E-state index < -0.39 is 0 Å². The molecule has 0 saturated heterocycles. The number of para-hydroxylation sites is 1. The van der Waals surface area contributed by atoms with Gasteiger partial charge in [0.2, 0.25) is 0 Å². The molecule has 0 unspecified atom stereocenters. The second-order valence-electron chi connectivity index (χ2n) is 5.77. The van der Waals surface area contributed by atoms with Crippen LogP contribution in [0.3, 0.4) is 0 Å². The standard InChI is InChI=1S/C16H28N2/c1-13(2)10-11-18(5)16-9-7-6-8-15(16)12-17-14(3)4/h6-9,13-14,17H,10-12H2,1-5H3. The molecule has 0 bridgehead atoms. The maximum absolute atomic E-state index is 3.50. The first-order chi connectivity index (χ1) is 8.50. The van der Waals surface area contributed by atoms with Crippen LogP contribution in [0.25, 0.3) is 0 Å². The topological polar surface area (TPSA) is 15.3 Å². The molecular weight excluding hydrogens is 220 g/mol. The number of benzene rings is 1. The fraction of sp³-hybridized carbons (Fsp3) is 0.625. The molecule has 0 aromatic heterocycles. The van der Waals surface area contributed by atoms with Crippen LogP contribution in [0, 0.1) is 5.92 Å². The van der Waals surface area contributed by atoms with Gasteiger partial charge >= 0.3 is 0 Å². The van der Waals surface area contributed by atoms with Crippen LogP contribution in [0.1, 0.15) is 39.7 Å². The Morgan fingerprint density at radius 1 is 1.11 bits per heavy atom. The molecule has 0 aliphatic carbocycles. The van der Waals surface area contributed by atoms with E-state index in [9.17, 15) is 0 Å². The second kappa shape index (κ2) is 7.42. The zero-order valence-corrected chi connectivity index (χ0v) is 12.5. The van der Waals surface area contributed by atoms with Gasteiger partial charge in [0, 0.05) is 31.9 Å². The molecule has 1 aromatic rings. The third-order valence-electron chi connectivity index (χ3n) is 3.15. The van der Waals surface area contributed by atoms with Gasteiger partial charge in [-0.25, -0.2) is 0 Å². The van der Waals surface area contributed by atoms with Gasteiger partial charge in [0.25, 0.3) is 0 Å². The number of nitrogens with zero attached hydrogens (tertiary/aromatic N) is 1. The second-order valence-corrected chi connectivity index (χ2v) is 5.77. The van der Waals surface area contributed by atoms with Crippen molar-refractivity contribution in [1.82, 2.24) is 5.32 Å². The Balaban J connectivity index is 2.68. The highest BCUT2D eigenvalue weighted by Crippen LogP contribution is 2.20. The Hall–Kier alpha value is -1.02. The average Bonchev–Trinajstić information content (AvgIpc) is 2.33. The van der Waals surface area contributed by atoms with Crippen molar-refractivity contribution >= 4 is 5.69 Å². The molecule has 0 atom stereocenters. The molecule has 0 radical (unpaired) electrons. The molecule has 2 heteroatoms. The minimum Gasteiger partial charge on any atom is -0.374 e. The predicted octanol–water partition coefficient (Wildman–Crippen LogP) is 3.67. The van der Waals surface area contributed by atoms with E-state index in [0.29, 0.717) is 6.04 Å². The zero-order valence-electron chi connectivity index (χ0n) is 12.5. The summed E-state index contributed by atoms with van der Waals surface area (Å²) in [5.41, 5.74) is 2.74. The first-order valence-electron chi connectivity index (χ1n) is 7.03. The van der Waals surface area contributed by atoms with Crippen LogP contribution in [-0.2, 0) is 6.54 Å². The highest BCUT2D eigenvalue weighted by atomic mass is 15.1. The van der Waals surface area contributed by atoms with Crippen LogP contribution in [0.4, 0.5) is 5.69 Å². The summed E-state index contributed by atoms with van der Waals surface area (Å²) in [7, 11) is 2.19. The van der Waals surface area contributed by atoms with E-state index in [1.54, 1.807) is 0 Å². The van der Waals surface area contributed by atoms with E-state index in [0.717, 1.165) is 19.0 Å². The van der Waals surface area contributed by atoms with E-state index in [1.807, 2.05) is 0 Å². The van der Waals surface area contributed by atoms with Gasteiger partial charge in [0.15, 0.2) is 0 Å². The lowest BCUT2D eigenvalue weighted by molar-refractivity contribution is 0.577. The molecule has 0 saturated carbocycles. The van der Waals surface area contributed by atoms with Crippen LogP contribution in [0.5, 0.6) is 0 Å². The van der Waals surface area contributed by atoms with E-state index in [-0.39, 0.29) is 0 Å². The first-order valence-corrected chi connectivity index (χ1v) is 7.03. The minimum absolute atomic E-state index is 0.527. The molecular formula is C16H28N2. The maximum Gasteiger partial charge on any atom is 0.0409 e. The van der Waals surface area contributed by atoms with Crippen molar-refractivity contribution in [3.8, 4) is 0 Å². The summed E-state index contributed by atoms with van der Waals surface area (Å²) in [5.74, 6) is 0.758. The summed E-state index contributed by atoms with van der Waals surface area (Å²) in [5, 5.41) is 3.50. The normalized spacial score (nSPS) is 11.3. The molecule has 0 fully saturated rings. The Bertz CT molecular complexity index is 345. The molecule has 0 amide bonds. The zero-order chi connectivity index (χ0) is 13.5. The number of hydrogen-bond acceptors (Lipinski definition) is 2. The van der Waals surface area contributed by atoms with Crippen molar-refractivity contribution in [2.45, 2.75) is 46.7 Å². The largest absolute Gasteiger partial charge is 0.374 e. The lowest BCUT2D eigenvalue weighted by Gasteiger charge is -2.24. The third-order valence-corrected chi connectivity index (χ3v) is 3.15. The Morgan fingerprint density at radius 2 is 1.78 bits per heavy atom. The fourth-order valence-corrected chi connectivity index (χ4v) is 1.92. The van der Waals surface area contributed by atoms with E-state index in [2.05, 4.69) is 69.2 Å². The van der Waals surface area contributed by atoms with E-state index >= 15 is 0 Å². The van der Waals surface area contributed by atoms with Gasteiger partial charge in [0.1, 0.15) is 0 Å². The first kappa shape index (κ1) is 15.0. The number of anilines is 1. The van der Waals surface area contributed by atoms with Gasteiger partial charge in [-0.15, -0.1) is 0 Å². The molecule has 102 valence electrons. The molecule has 2 nitrogen and oxygen atoms in total. The minimum atomic E-state index is 0.527. The summed E-state index contributed by atoms with van der Waals surface area (Å²) >= 11 is 0. The lowest BCUT2D eigenvalue weighted by atomic mass is 10.1. The molecule has 18 heavy (non-hydrogen) atoms. The highest BCUT2D eigenvalue weighted by molar-refractivity contribution is 5.52. The number of nitrogens with one attached hydrogen (secondary N) is 1. The molecule has 1 N–H and O–H groups in total. The molecule has 1 rings (SSSR count). The highest BCUT2D eigenvalue weighted by Gasteiger charge is 2.07. The summed E-state index contributed by atoms with van der Waals surface area (Å²) < 4.78 is 0. The molecule has 1 aromatic carbocycles. The van der Waals surface area contributed by atoms with E-state index in [1.165, 1.54) is 17.7 Å². The SMILES string of the molecule is CC(C)CCN(C)c1ccccc1CNC(C)C. The maximum atomic E-state index is 3.50. The van der Waals surface area contributed by atoms with Crippen molar-refractivity contribution in [2.24, 2.45) is 5.92 Å². The Kier molecular flexibility index (Phi) is 6.20. The smallest absolute Gasteiger partial charge is 0.0409 e. The van der Waals surface area contributed by atoms with Gasteiger partial charge < -0.3 is 10.2 Å². The molecule has 0 spiro atoms. The van der Waals surface area contributed by atoms with Crippen molar-refractivity contribution < 1.29 is 0 Å². The number of hydrogen-bond donors (Lipinski definition) is 1. The van der Waals surface area contributed by atoms with Crippen LogP contribution in [0.2, 0.25) is 0 Å². The lowest BCUT2D eigenvalue weighted by Crippen LogP contribution is -2.25. The van der Waals surface area contributed by atoms with Crippen LogP contribution in [-0.4, -0.2) is 19.6 Å². The van der Waals surface area contributed by atoms with Gasteiger partial charge in [-0.1, -0.05) is 45.9 Å². The summed E-state index contributed by atoms with van der Waals surface area (Å²) in [6.45, 7) is 11.0. The van der Waals surface area contributed by atoms with Crippen molar-refractivity contribution in [2.75, 3.05) is 18.5 Å². The van der Waals surface area contributed by atoms with Gasteiger partial charge in [0.05, 0.1) is 0 Å². The Morgan fingerprint density at radius 3 is 2.39 bits per heavy atom. The Labute approximate surface area is 112 Å². The predicted molar refractivity (Wildman–Crippen MR) is 81.1 cm³/mol. The quantitative estimate of drug-likeness (QED) is 0.792. The van der Waals surface area contributed by atoms with Crippen LogP contribution >= 0.6 is 0 Å². The van der Waals surface area contributed by atoms with Gasteiger partial charge in [-0.2, -0.15) is 0 Å². The fourth-order valence-electron chi connectivity index (χ4n) is 1.92. The molecule has 0 aliphatic rings. The van der Waals surface area contributed by atoms with Crippen molar-refractivity contribution in [3.05, 3.63) is 29.8 Å². The van der Waals surface area contributed by atoms with E-state index in [4.69, 9.17) is 0 Å². The van der Waals surface area contributed by atoms with Crippen molar-refractivity contribution in [1.29, 1.82) is 0 Å². The molecule has 0 heterocycles. The van der Waals surface area contributed by atoms with Gasteiger partial charge in [-0.05, 0) is 24.0 Å². The number of rotatable bonds is 7. The third kappa shape index (κ3) is 5.09. The summed E-state index contributed by atoms with van der Waals surface area (Å²) in [6, 6.07) is 9.21. The van der Waals surface area contributed by atoms with Crippen LogP contribution in [0.15, 0.2) is 24.3 Å². The average molecular weight is 248 g/mol. The molecule has 0 aliphatic heterocycles. The summed E-state index contributed by atoms with van der Waals surface area (Å²) in [6.07, 6.45) is 1.24. The van der Waals surface area contributed by atoms with Crippen LogP contribution < -0.4 is 10.2 Å². The van der Waals surface area contributed by atoms with Crippen molar-refractivity contribution in [3.63, 3.8) is 0 Å². The monoisotopic (exact) mass is 248 g/mol.